The normalized spacial score (nSPS) is 14.1. The molecule has 1 aliphatic carbocycles. The molecular formula is C17H17F2N5O. The smallest absolute Gasteiger partial charge is 0.261 e. The van der Waals surface area contributed by atoms with Gasteiger partial charge in [-0.3, -0.25) is 9.67 Å². The molecule has 0 atom stereocenters. The highest BCUT2D eigenvalue weighted by Gasteiger charge is 2.21. The molecule has 0 aliphatic heterocycles. The molecule has 0 N–H and O–H groups in total. The van der Waals surface area contributed by atoms with Crippen molar-refractivity contribution in [1.29, 1.82) is 0 Å². The van der Waals surface area contributed by atoms with E-state index in [4.69, 9.17) is 4.52 Å². The SMILES string of the molecule is Cc1nn(CC(F)F)cc1-c1nc(-c2nccc3c2CCCC3)no1. The second kappa shape index (κ2) is 6.34. The summed E-state index contributed by atoms with van der Waals surface area (Å²) in [5.41, 5.74) is 4.32. The molecule has 0 aromatic carbocycles. The van der Waals surface area contributed by atoms with Gasteiger partial charge in [0.2, 0.25) is 5.82 Å². The monoisotopic (exact) mass is 345 g/mol. The Morgan fingerprint density at radius 1 is 1.28 bits per heavy atom. The van der Waals surface area contributed by atoms with Gasteiger partial charge >= 0.3 is 0 Å². The fourth-order valence-corrected chi connectivity index (χ4v) is 3.25. The van der Waals surface area contributed by atoms with Crippen molar-refractivity contribution in [1.82, 2.24) is 24.9 Å². The number of halogens is 2. The molecule has 130 valence electrons. The van der Waals surface area contributed by atoms with Crippen LogP contribution in [0.25, 0.3) is 23.0 Å². The summed E-state index contributed by atoms with van der Waals surface area (Å²) < 4.78 is 31.6. The summed E-state index contributed by atoms with van der Waals surface area (Å²) in [5, 5.41) is 8.12. The van der Waals surface area contributed by atoms with Gasteiger partial charge in [0.05, 0.1) is 11.3 Å². The van der Waals surface area contributed by atoms with Gasteiger partial charge in [-0.1, -0.05) is 5.16 Å². The number of hydrogen-bond acceptors (Lipinski definition) is 5. The van der Waals surface area contributed by atoms with Crippen LogP contribution in [0.2, 0.25) is 0 Å². The molecule has 0 bridgehead atoms. The Hall–Kier alpha value is -2.64. The van der Waals surface area contributed by atoms with Crippen LogP contribution in [0.5, 0.6) is 0 Å². The van der Waals surface area contributed by atoms with Crippen molar-refractivity contribution in [3.8, 4) is 23.0 Å². The molecule has 3 aromatic heterocycles. The molecule has 1 aliphatic rings. The quantitative estimate of drug-likeness (QED) is 0.724. The van der Waals surface area contributed by atoms with Crippen molar-refractivity contribution in [2.24, 2.45) is 0 Å². The Morgan fingerprint density at radius 2 is 2.12 bits per heavy atom. The lowest BCUT2D eigenvalue weighted by Gasteiger charge is -2.16. The fourth-order valence-electron chi connectivity index (χ4n) is 3.25. The Morgan fingerprint density at radius 3 is 2.96 bits per heavy atom. The van der Waals surface area contributed by atoms with E-state index in [1.54, 1.807) is 13.1 Å². The standard InChI is InChI=1S/C17H17F2N5O/c1-10-13(8-24(22-10)9-14(18)19)17-21-16(23-25-17)15-12-5-3-2-4-11(12)6-7-20-15/h6-8,14H,2-5,9H2,1H3. The average Bonchev–Trinajstić information content (AvgIpc) is 3.20. The van der Waals surface area contributed by atoms with Gasteiger partial charge in [0.15, 0.2) is 0 Å². The molecular weight excluding hydrogens is 328 g/mol. The van der Waals surface area contributed by atoms with Gasteiger partial charge in [-0.25, -0.2) is 8.78 Å². The van der Waals surface area contributed by atoms with Crippen LogP contribution < -0.4 is 0 Å². The van der Waals surface area contributed by atoms with Crippen LogP contribution in [-0.4, -0.2) is 31.3 Å². The van der Waals surface area contributed by atoms with E-state index in [0.717, 1.165) is 25.0 Å². The number of alkyl halides is 2. The van der Waals surface area contributed by atoms with E-state index in [1.165, 1.54) is 28.4 Å². The zero-order valence-corrected chi connectivity index (χ0v) is 13.7. The van der Waals surface area contributed by atoms with Crippen molar-refractivity contribution < 1.29 is 13.3 Å². The predicted molar refractivity (Wildman–Crippen MR) is 86.1 cm³/mol. The van der Waals surface area contributed by atoms with Gasteiger partial charge in [0.1, 0.15) is 12.2 Å². The lowest BCUT2D eigenvalue weighted by Crippen LogP contribution is -2.06. The summed E-state index contributed by atoms with van der Waals surface area (Å²) >= 11 is 0. The van der Waals surface area contributed by atoms with Crippen molar-refractivity contribution in [2.45, 2.75) is 45.6 Å². The maximum absolute atomic E-state index is 12.5. The minimum Gasteiger partial charge on any atom is -0.333 e. The average molecular weight is 345 g/mol. The molecule has 0 unspecified atom stereocenters. The van der Waals surface area contributed by atoms with Gasteiger partial charge in [-0.05, 0) is 49.8 Å². The first-order valence-electron chi connectivity index (χ1n) is 8.25. The molecule has 0 fully saturated rings. The summed E-state index contributed by atoms with van der Waals surface area (Å²) in [6.45, 7) is 1.26. The van der Waals surface area contributed by atoms with Gasteiger partial charge in [0, 0.05) is 12.4 Å². The number of rotatable bonds is 4. The highest BCUT2D eigenvalue weighted by atomic mass is 19.3. The molecule has 3 heterocycles. The van der Waals surface area contributed by atoms with Crippen LogP contribution in [0, 0.1) is 6.92 Å². The van der Waals surface area contributed by atoms with E-state index >= 15 is 0 Å². The summed E-state index contributed by atoms with van der Waals surface area (Å²) in [5.74, 6) is 0.693. The summed E-state index contributed by atoms with van der Waals surface area (Å²) in [7, 11) is 0. The van der Waals surface area contributed by atoms with E-state index in [-0.39, 0.29) is 5.89 Å². The molecule has 3 aromatic rings. The van der Waals surface area contributed by atoms with E-state index in [9.17, 15) is 8.78 Å². The maximum Gasteiger partial charge on any atom is 0.261 e. The number of fused-ring (bicyclic) bond motifs is 1. The zero-order chi connectivity index (χ0) is 17.4. The number of nitrogens with zero attached hydrogens (tertiary/aromatic N) is 5. The van der Waals surface area contributed by atoms with E-state index in [2.05, 4.69) is 20.2 Å². The summed E-state index contributed by atoms with van der Waals surface area (Å²) in [6.07, 6.45) is 5.09. The first kappa shape index (κ1) is 15.9. The van der Waals surface area contributed by atoms with E-state index in [0.29, 0.717) is 17.1 Å². The molecule has 4 rings (SSSR count). The predicted octanol–water partition coefficient (Wildman–Crippen LogP) is 3.45. The summed E-state index contributed by atoms with van der Waals surface area (Å²) in [4.78, 5) is 8.86. The first-order valence-corrected chi connectivity index (χ1v) is 8.25. The van der Waals surface area contributed by atoms with E-state index in [1.807, 2.05) is 6.07 Å². The Kier molecular flexibility index (Phi) is 4.03. The number of aryl methyl sites for hydroxylation is 2. The maximum atomic E-state index is 12.5. The molecule has 8 heteroatoms. The largest absolute Gasteiger partial charge is 0.333 e. The highest BCUT2D eigenvalue weighted by Crippen LogP contribution is 2.30. The zero-order valence-electron chi connectivity index (χ0n) is 13.7. The Bertz CT molecular complexity index is 902. The van der Waals surface area contributed by atoms with Crippen LogP contribution >= 0.6 is 0 Å². The number of aromatic nitrogens is 5. The Balaban J connectivity index is 1.69. The highest BCUT2D eigenvalue weighted by molar-refractivity contribution is 5.62. The molecule has 0 saturated carbocycles. The topological polar surface area (TPSA) is 69.6 Å². The second-order valence-corrected chi connectivity index (χ2v) is 6.17. The van der Waals surface area contributed by atoms with Crippen molar-refractivity contribution in [3.63, 3.8) is 0 Å². The third-order valence-corrected chi connectivity index (χ3v) is 4.42. The Labute approximate surface area is 142 Å². The lowest BCUT2D eigenvalue weighted by atomic mass is 9.91. The van der Waals surface area contributed by atoms with E-state index < -0.39 is 13.0 Å². The van der Waals surface area contributed by atoms with Gasteiger partial charge in [-0.15, -0.1) is 0 Å². The van der Waals surface area contributed by atoms with Crippen LogP contribution in [0.15, 0.2) is 23.0 Å². The van der Waals surface area contributed by atoms with Crippen LogP contribution in [0.1, 0.15) is 29.7 Å². The van der Waals surface area contributed by atoms with Crippen LogP contribution in [-0.2, 0) is 19.4 Å². The van der Waals surface area contributed by atoms with Crippen molar-refractivity contribution in [3.05, 3.63) is 35.3 Å². The number of hydrogen-bond donors (Lipinski definition) is 0. The third-order valence-electron chi connectivity index (χ3n) is 4.42. The molecule has 0 radical (unpaired) electrons. The second-order valence-electron chi connectivity index (χ2n) is 6.17. The van der Waals surface area contributed by atoms with Gasteiger partial charge < -0.3 is 4.52 Å². The third kappa shape index (κ3) is 3.04. The molecule has 0 saturated heterocycles. The fraction of sp³-hybridized carbons (Fsp3) is 0.412. The summed E-state index contributed by atoms with van der Waals surface area (Å²) in [6, 6.07) is 2.04. The molecule has 25 heavy (non-hydrogen) atoms. The minimum absolute atomic E-state index is 0.267. The molecule has 6 nitrogen and oxygen atoms in total. The van der Waals surface area contributed by atoms with Crippen LogP contribution in [0.3, 0.4) is 0 Å². The minimum atomic E-state index is -2.47. The van der Waals surface area contributed by atoms with Crippen molar-refractivity contribution in [2.75, 3.05) is 0 Å². The van der Waals surface area contributed by atoms with Gasteiger partial charge in [0.25, 0.3) is 12.3 Å². The molecule has 0 spiro atoms. The van der Waals surface area contributed by atoms with Crippen LogP contribution in [0.4, 0.5) is 8.78 Å². The number of pyridine rings is 1. The van der Waals surface area contributed by atoms with Crippen molar-refractivity contribution >= 4 is 0 Å². The van der Waals surface area contributed by atoms with Gasteiger partial charge in [-0.2, -0.15) is 10.1 Å². The first-order chi connectivity index (χ1) is 12.1. The molecule has 0 amide bonds. The lowest BCUT2D eigenvalue weighted by molar-refractivity contribution is 0.121.